The van der Waals surface area contributed by atoms with Gasteiger partial charge < -0.3 is 15.5 Å². The first kappa shape index (κ1) is 13.1. The molecule has 20 heavy (non-hydrogen) atoms. The Kier molecular flexibility index (Phi) is 3.70. The maximum Gasteiger partial charge on any atom is 0.0790 e. The number of anilines is 3. The molecular formula is C16H18ClN3. The van der Waals surface area contributed by atoms with Crippen LogP contribution in [0.25, 0.3) is 0 Å². The number of rotatable bonds is 2. The number of hydrogen-bond acceptors (Lipinski definition) is 3. The van der Waals surface area contributed by atoms with Crippen LogP contribution in [0.15, 0.2) is 48.5 Å². The summed E-state index contributed by atoms with van der Waals surface area (Å²) in [5, 5.41) is 0.734. The maximum atomic E-state index is 6.28. The maximum absolute atomic E-state index is 6.28. The fraction of sp³-hybridized carbons (Fsp3) is 0.250. The highest BCUT2D eigenvalue weighted by atomic mass is 35.5. The Morgan fingerprint density at radius 1 is 0.800 bits per heavy atom. The van der Waals surface area contributed by atoms with Crippen LogP contribution in [0.4, 0.5) is 17.1 Å². The van der Waals surface area contributed by atoms with Crippen molar-refractivity contribution in [3.05, 3.63) is 53.6 Å². The van der Waals surface area contributed by atoms with E-state index in [1.165, 1.54) is 5.69 Å². The molecule has 1 heterocycles. The van der Waals surface area contributed by atoms with E-state index in [9.17, 15) is 0 Å². The van der Waals surface area contributed by atoms with Crippen molar-refractivity contribution in [2.75, 3.05) is 41.7 Å². The first-order valence-corrected chi connectivity index (χ1v) is 7.22. The third-order valence-corrected chi connectivity index (χ3v) is 4.04. The molecule has 0 bridgehead atoms. The molecule has 2 aromatic rings. The normalized spacial score (nSPS) is 15.4. The molecule has 0 atom stereocenters. The number of nitrogens with two attached hydrogens (primary N) is 1. The minimum Gasteiger partial charge on any atom is -0.397 e. The fourth-order valence-corrected chi connectivity index (χ4v) is 2.99. The van der Waals surface area contributed by atoms with Gasteiger partial charge in [0.2, 0.25) is 0 Å². The van der Waals surface area contributed by atoms with E-state index in [4.69, 9.17) is 17.3 Å². The van der Waals surface area contributed by atoms with Crippen LogP contribution in [0, 0.1) is 0 Å². The second kappa shape index (κ2) is 5.63. The molecule has 0 saturated carbocycles. The molecule has 1 aliphatic heterocycles. The fourth-order valence-electron chi connectivity index (χ4n) is 2.69. The third-order valence-electron chi connectivity index (χ3n) is 3.74. The van der Waals surface area contributed by atoms with E-state index < -0.39 is 0 Å². The standard InChI is InChI=1S/C16H18ClN3/c17-14-7-4-8-15(18)16(14)20-11-9-19(10-12-20)13-5-2-1-3-6-13/h1-8H,9-12,18H2. The van der Waals surface area contributed by atoms with Crippen LogP contribution in [-0.4, -0.2) is 26.2 Å². The van der Waals surface area contributed by atoms with Crippen molar-refractivity contribution in [3.8, 4) is 0 Å². The Morgan fingerprint density at radius 2 is 1.45 bits per heavy atom. The van der Waals surface area contributed by atoms with Crippen LogP contribution >= 0.6 is 11.6 Å². The number of halogens is 1. The lowest BCUT2D eigenvalue weighted by Gasteiger charge is -2.38. The van der Waals surface area contributed by atoms with Crippen molar-refractivity contribution in [2.24, 2.45) is 0 Å². The molecule has 0 spiro atoms. The van der Waals surface area contributed by atoms with Gasteiger partial charge in [-0.1, -0.05) is 35.9 Å². The summed E-state index contributed by atoms with van der Waals surface area (Å²) in [5.74, 6) is 0. The molecule has 4 heteroatoms. The van der Waals surface area contributed by atoms with Gasteiger partial charge in [-0.15, -0.1) is 0 Å². The average Bonchev–Trinajstić information content (AvgIpc) is 2.49. The van der Waals surface area contributed by atoms with Gasteiger partial charge in [0.15, 0.2) is 0 Å². The van der Waals surface area contributed by atoms with Crippen LogP contribution in [0.1, 0.15) is 0 Å². The number of para-hydroxylation sites is 2. The summed E-state index contributed by atoms with van der Waals surface area (Å²) < 4.78 is 0. The zero-order chi connectivity index (χ0) is 13.9. The van der Waals surface area contributed by atoms with Gasteiger partial charge in [0.05, 0.1) is 16.4 Å². The van der Waals surface area contributed by atoms with Crippen LogP contribution in [0.3, 0.4) is 0 Å². The van der Waals surface area contributed by atoms with Gasteiger partial charge in [-0.3, -0.25) is 0 Å². The van der Waals surface area contributed by atoms with Gasteiger partial charge >= 0.3 is 0 Å². The van der Waals surface area contributed by atoms with Gasteiger partial charge in [-0.25, -0.2) is 0 Å². The van der Waals surface area contributed by atoms with Gasteiger partial charge in [-0.05, 0) is 24.3 Å². The summed E-state index contributed by atoms with van der Waals surface area (Å²) in [7, 11) is 0. The quantitative estimate of drug-likeness (QED) is 0.861. The largest absolute Gasteiger partial charge is 0.397 e. The third kappa shape index (κ3) is 2.54. The Labute approximate surface area is 124 Å². The Hall–Kier alpha value is -1.87. The van der Waals surface area contributed by atoms with E-state index in [0.717, 1.165) is 42.6 Å². The molecule has 0 amide bonds. The molecule has 3 nitrogen and oxygen atoms in total. The lowest BCUT2D eigenvalue weighted by molar-refractivity contribution is 0.654. The predicted octanol–water partition coefficient (Wildman–Crippen LogP) is 3.25. The van der Waals surface area contributed by atoms with Crippen molar-refractivity contribution < 1.29 is 0 Å². The van der Waals surface area contributed by atoms with E-state index in [1.807, 2.05) is 24.3 Å². The molecule has 0 unspecified atom stereocenters. The van der Waals surface area contributed by atoms with Crippen molar-refractivity contribution in [2.45, 2.75) is 0 Å². The molecule has 2 aromatic carbocycles. The molecule has 104 valence electrons. The first-order valence-electron chi connectivity index (χ1n) is 6.84. The SMILES string of the molecule is Nc1cccc(Cl)c1N1CCN(c2ccccc2)CC1. The van der Waals surface area contributed by atoms with E-state index in [-0.39, 0.29) is 0 Å². The second-order valence-corrected chi connectivity index (χ2v) is 5.39. The van der Waals surface area contributed by atoms with Gasteiger partial charge in [0.1, 0.15) is 0 Å². The number of piperazine rings is 1. The van der Waals surface area contributed by atoms with Crippen LogP contribution in [-0.2, 0) is 0 Å². The molecular weight excluding hydrogens is 270 g/mol. The van der Waals surface area contributed by atoms with Crippen LogP contribution in [0.2, 0.25) is 5.02 Å². The molecule has 0 radical (unpaired) electrons. The van der Waals surface area contributed by atoms with Crippen LogP contribution in [0.5, 0.6) is 0 Å². The molecule has 2 N–H and O–H groups in total. The van der Waals surface area contributed by atoms with E-state index in [2.05, 4.69) is 34.1 Å². The lowest BCUT2D eigenvalue weighted by Crippen LogP contribution is -2.46. The zero-order valence-corrected chi connectivity index (χ0v) is 12.1. The highest BCUT2D eigenvalue weighted by molar-refractivity contribution is 6.34. The number of nitrogens with zero attached hydrogens (tertiary/aromatic N) is 2. The molecule has 1 saturated heterocycles. The summed E-state index contributed by atoms with van der Waals surface area (Å²) in [6.07, 6.45) is 0. The zero-order valence-electron chi connectivity index (χ0n) is 11.3. The van der Waals surface area contributed by atoms with E-state index >= 15 is 0 Å². The number of nitrogen functional groups attached to an aromatic ring is 1. The molecule has 0 aliphatic carbocycles. The van der Waals surface area contributed by atoms with Crippen molar-refractivity contribution in [1.29, 1.82) is 0 Å². The molecule has 1 fully saturated rings. The monoisotopic (exact) mass is 287 g/mol. The average molecular weight is 288 g/mol. The summed E-state index contributed by atoms with van der Waals surface area (Å²) >= 11 is 6.28. The first-order chi connectivity index (χ1) is 9.75. The number of hydrogen-bond donors (Lipinski definition) is 1. The summed E-state index contributed by atoms with van der Waals surface area (Å²) in [6.45, 7) is 3.83. The van der Waals surface area contributed by atoms with Gasteiger partial charge in [-0.2, -0.15) is 0 Å². The van der Waals surface area contributed by atoms with Crippen molar-refractivity contribution in [1.82, 2.24) is 0 Å². The highest BCUT2D eigenvalue weighted by Crippen LogP contribution is 2.32. The Balaban J connectivity index is 1.73. The van der Waals surface area contributed by atoms with Gasteiger partial charge in [0, 0.05) is 31.9 Å². The summed E-state index contributed by atoms with van der Waals surface area (Å²) in [5.41, 5.74) is 9.06. The molecule has 1 aliphatic rings. The van der Waals surface area contributed by atoms with Gasteiger partial charge in [0.25, 0.3) is 0 Å². The summed E-state index contributed by atoms with van der Waals surface area (Å²) in [4.78, 5) is 4.67. The molecule has 3 rings (SSSR count). The summed E-state index contributed by atoms with van der Waals surface area (Å²) in [6, 6.07) is 16.2. The smallest absolute Gasteiger partial charge is 0.0790 e. The van der Waals surface area contributed by atoms with E-state index in [1.54, 1.807) is 0 Å². The van der Waals surface area contributed by atoms with Crippen molar-refractivity contribution in [3.63, 3.8) is 0 Å². The Morgan fingerprint density at radius 3 is 2.10 bits per heavy atom. The molecule has 0 aromatic heterocycles. The topological polar surface area (TPSA) is 32.5 Å². The predicted molar refractivity (Wildman–Crippen MR) is 86.7 cm³/mol. The highest BCUT2D eigenvalue weighted by Gasteiger charge is 2.20. The van der Waals surface area contributed by atoms with E-state index in [0.29, 0.717) is 0 Å². The lowest BCUT2D eigenvalue weighted by atomic mass is 10.2. The minimum absolute atomic E-state index is 0.734. The van der Waals surface area contributed by atoms with Crippen LogP contribution < -0.4 is 15.5 Å². The number of benzene rings is 2. The Bertz CT molecular complexity index is 557. The minimum atomic E-state index is 0.734. The van der Waals surface area contributed by atoms with Crippen molar-refractivity contribution >= 4 is 28.7 Å². The second-order valence-electron chi connectivity index (χ2n) is 4.99.